The van der Waals surface area contributed by atoms with Crippen molar-refractivity contribution in [1.29, 1.82) is 0 Å². The SMILES string of the molecule is Cc1c(F)c(F)c(C(=O)N[C@H](C)C(C)C)c(F)c1F. The van der Waals surface area contributed by atoms with Crippen LogP contribution in [0, 0.1) is 36.1 Å². The van der Waals surface area contributed by atoms with Gasteiger partial charge in [0.05, 0.1) is 0 Å². The van der Waals surface area contributed by atoms with Crippen molar-refractivity contribution in [3.8, 4) is 0 Å². The maximum Gasteiger partial charge on any atom is 0.257 e. The Balaban J connectivity index is 3.25. The van der Waals surface area contributed by atoms with E-state index < -0.39 is 46.3 Å². The highest BCUT2D eigenvalue weighted by Gasteiger charge is 2.28. The highest BCUT2D eigenvalue weighted by atomic mass is 19.2. The number of hydrogen-bond donors (Lipinski definition) is 1. The van der Waals surface area contributed by atoms with Crippen LogP contribution < -0.4 is 5.32 Å². The molecule has 1 amide bonds. The van der Waals surface area contributed by atoms with Gasteiger partial charge in [-0.3, -0.25) is 4.79 Å². The van der Waals surface area contributed by atoms with Crippen LogP contribution in [0.25, 0.3) is 0 Å². The normalized spacial score (nSPS) is 12.7. The van der Waals surface area contributed by atoms with Crippen molar-refractivity contribution in [1.82, 2.24) is 5.32 Å². The average molecular weight is 277 g/mol. The fraction of sp³-hybridized carbons (Fsp3) is 0.462. The van der Waals surface area contributed by atoms with E-state index in [9.17, 15) is 22.4 Å². The second-order valence-corrected chi connectivity index (χ2v) is 4.76. The van der Waals surface area contributed by atoms with Crippen LogP contribution in [0.1, 0.15) is 36.7 Å². The molecule has 0 saturated heterocycles. The van der Waals surface area contributed by atoms with Gasteiger partial charge in [-0.2, -0.15) is 0 Å². The van der Waals surface area contributed by atoms with Crippen molar-refractivity contribution >= 4 is 5.91 Å². The first kappa shape index (κ1) is 15.5. The molecule has 0 aliphatic rings. The van der Waals surface area contributed by atoms with Crippen molar-refractivity contribution in [3.05, 3.63) is 34.4 Å². The van der Waals surface area contributed by atoms with Gasteiger partial charge in [0, 0.05) is 11.6 Å². The minimum atomic E-state index is -1.68. The summed E-state index contributed by atoms with van der Waals surface area (Å²) < 4.78 is 53.8. The molecule has 106 valence electrons. The summed E-state index contributed by atoms with van der Waals surface area (Å²) in [6.07, 6.45) is 0. The van der Waals surface area contributed by atoms with E-state index in [2.05, 4.69) is 5.32 Å². The molecule has 0 bridgehead atoms. The van der Waals surface area contributed by atoms with Crippen LogP contribution in [-0.2, 0) is 0 Å². The standard InChI is InChI=1S/C13H15F4NO/c1-5(2)7(4)18-13(19)8-11(16)9(14)6(3)10(15)12(8)17/h5,7H,1-4H3,(H,18,19)/t7-/m1/s1. The van der Waals surface area contributed by atoms with Gasteiger partial charge in [0.25, 0.3) is 5.91 Å². The summed E-state index contributed by atoms with van der Waals surface area (Å²) in [6, 6.07) is -0.390. The maximum atomic E-state index is 13.6. The van der Waals surface area contributed by atoms with Crippen LogP contribution in [0.4, 0.5) is 17.6 Å². The molecule has 0 aliphatic carbocycles. The Labute approximate surface area is 108 Å². The predicted octanol–water partition coefficient (Wildman–Crippen LogP) is 3.33. The predicted molar refractivity (Wildman–Crippen MR) is 62.8 cm³/mol. The third-order valence-electron chi connectivity index (χ3n) is 3.07. The summed E-state index contributed by atoms with van der Waals surface area (Å²) in [7, 11) is 0. The van der Waals surface area contributed by atoms with Gasteiger partial charge < -0.3 is 5.32 Å². The number of halogens is 4. The zero-order valence-electron chi connectivity index (χ0n) is 11.1. The minimum absolute atomic E-state index is 0.00946. The Kier molecular flexibility index (Phi) is 4.55. The molecule has 0 spiro atoms. The highest BCUT2D eigenvalue weighted by Crippen LogP contribution is 2.23. The van der Waals surface area contributed by atoms with Crippen LogP contribution >= 0.6 is 0 Å². The summed E-state index contributed by atoms with van der Waals surface area (Å²) in [4.78, 5) is 11.7. The van der Waals surface area contributed by atoms with Crippen LogP contribution in [0.5, 0.6) is 0 Å². The number of nitrogens with one attached hydrogen (secondary N) is 1. The van der Waals surface area contributed by atoms with Crippen molar-refractivity contribution in [2.45, 2.75) is 33.7 Å². The van der Waals surface area contributed by atoms with Gasteiger partial charge in [-0.1, -0.05) is 13.8 Å². The molecule has 1 aromatic carbocycles. The molecule has 2 nitrogen and oxygen atoms in total. The zero-order valence-corrected chi connectivity index (χ0v) is 11.1. The smallest absolute Gasteiger partial charge is 0.257 e. The van der Waals surface area contributed by atoms with E-state index >= 15 is 0 Å². The molecular weight excluding hydrogens is 262 g/mol. The fourth-order valence-corrected chi connectivity index (χ4v) is 1.39. The van der Waals surface area contributed by atoms with E-state index in [0.29, 0.717) is 0 Å². The number of rotatable bonds is 3. The average Bonchev–Trinajstić information content (AvgIpc) is 2.34. The van der Waals surface area contributed by atoms with E-state index in [-0.39, 0.29) is 5.92 Å². The van der Waals surface area contributed by atoms with Crippen molar-refractivity contribution in [3.63, 3.8) is 0 Å². The summed E-state index contributed by atoms with van der Waals surface area (Å²) in [5.74, 6) is -7.62. The van der Waals surface area contributed by atoms with E-state index in [1.165, 1.54) is 0 Å². The molecule has 0 radical (unpaired) electrons. The molecule has 0 saturated carbocycles. The zero-order chi connectivity index (χ0) is 14.9. The second-order valence-electron chi connectivity index (χ2n) is 4.76. The lowest BCUT2D eigenvalue weighted by Gasteiger charge is -2.18. The Hall–Kier alpha value is -1.59. The Morgan fingerprint density at radius 1 is 0.947 bits per heavy atom. The van der Waals surface area contributed by atoms with Crippen molar-refractivity contribution < 1.29 is 22.4 Å². The van der Waals surface area contributed by atoms with Gasteiger partial charge in [-0.15, -0.1) is 0 Å². The monoisotopic (exact) mass is 277 g/mol. The summed E-state index contributed by atoms with van der Waals surface area (Å²) >= 11 is 0. The van der Waals surface area contributed by atoms with Gasteiger partial charge >= 0.3 is 0 Å². The first-order valence-corrected chi connectivity index (χ1v) is 5.81. The van der Waals surface area contributed by atoms with Crippen LogP contribution in [0.3, 0.4) is 0 Å². The highest BCUT2D eigenvalue weighted by molar-refractivity contribution is 5.95. The molecule has 1 N–H and O–H groups in total. The molecular formula is C13H15F4NO. The molecule has 0 fully saturated rings. The number of carbonyl (C=O) groups excluding carboxylic acids is 1. The van der Waals surface area contributed by atoms with Gasteiger partial charge in [-0.05, 0) is 19.8 Å². The number of amides is 1. The minimum Gasteiger partial charge on any atom is -0.349 e. The lowest BCUT2D eigenvalue weighted by atomic mass is 10.0. The third kappa shape index (κ3) is 2.88. The molecule has 6 heteroatoms. The lowest BCUT2D eigenvalue weighted by molar-refractivity contribution is 0.0919. The quantitative estimate of drug-likeness (QED) is 0.666. The van der Waals surface area contributed by atoms with E-state index in [4.69, 9.17) is 0 Å². The molecule has 0 aromatic heterocycles. The molecule has 0 unspecified atom stereocenters. The van der Waals surface area contributed by atoms with Crippen LogP contribution in [-0.4, -0.2) is 11.9 Å². The summed E-state index contributed by atoms with van der Waals surface area (Å²) in [5, 5.41) is 2.30. The number of hydrogen-bond acceptors (Lipinski definition) is 1. The van der Waals surface area contributed by atoms with Crippen molar-refractivity contribution in [2.24, 2.45) is 5.92 Å². The van der Waals surface area contributed by atoms with E-state index in [0.717, 1.165) is 6.92 Å². The van der Waals surface area contributed by atoms with E-state index in [1.54, 1.807) is 20.8 Å². The first-order chi connectivity index (χ1) is 8.68. The number of benzene rings is 1. The molecule has 1 rings (SSSR count). The maximum absolute atomic E-state index is 13.6. The number of carbonyl (C=O) groups is 1. The van der Waals surface area contributed by atoms with Gasteiger partial charge in [0.15, 0.2) is 23.3 Å². The summed E-state index contributed by atoms with van der Waals surface area (Å²) in [6.45, 7) is 6.09. The summed E-state index contributed by atoms with van der Waals surface area (Å²) in [5.41, 5.74) is -2.02. The van der Waals surface area contributed by atoms with Crippen LogP contribution in [0.2, 0.25) is 0 Å². The largest absolute Gasteiger partial charge is 0.349 e. The molecule has 19 heavy (non-hydrogen) atoms. The molecule has 0 aliphatic heterocycles. The van der Waals surface area contributed by atoms with Gasteiger partial charge in [0.2, 0.25) is 0 Å². The topological polar surface area (TPSA) is 29.1 Å². The Morgan fingerprint density at radius 3 is 1.74 bits per heavy atom. The first-order valence-electron chi connectivity index (χ1n) is 5.81. The van der Waals surface area contributed by atoms with Gasteiger partial charge in [0.1, 0.15) is 5.56 Å². The van der Waals surface area contributed by atoms with E-state index in [1.807, 2.05) is 0 Å². The second kappa shape index (κ2) is 5.59. The molecule has 1 atom stereocenters. The molecule has 0 heterocycles. The Bertz CT molecular complexity index is 485. The van der Waals surface area contributed by atoms with Crippen molar-refractivity contribution in [2.75, 3.05) is 0 Å². The van der Waals surface area contributed by atoms with Gasteiger partial charge in [-0.25, -0.2) is 17.6 Å². The van der Waals surface area contributed by atoms with Crippen LogP contribution in [0.15, 0.2) is 0 Å². The molecule has 1 aromatic rings. The Morgan fingerprint density at radius 2 is 1.37 bits per heavy atom. The lowest BCUT2D eigenvalue weighted by Crippen LogP contribution is -2.37. The third-order valence-corrected chi connectivity index (χ3v) is 3.07. The fourth-order valence-electron chi connectivity index (χ4n) is 1.39.